The molecule has 4 N–H and O–H groups in total. The number of carbonyl (C=O) groups is 1. The van der Waals surface area contributed by atoms with E-state index >= 15 is 0 Å². The van der Waals surface area contributed by atoms with E-state index in [2.05, 4.69) is 0 Å². The maximum absolute atomic E-state index is 11.1. The van der Waals surface area contributed by atoms with Gasteiger partial charge in [0.1, 0.15) is 0 Å². The maximum Gasteiger partial charge on any atom is 0.252 e. The lowest BCUT2D eigenvalue weighted by atomic mass is 10.1. The second-order valence-electron chi connectivity index (χ2n) is 3.28. The van der Waals surface area contributed by atoms with Crippen molar-refractivity contribution in [2.45, 2.75) is 6.42 Å². The minimum atomic E-state index is -0.547. The highest BCUT2D eigenvalue weighted by atomic mass is 16.5. The van der Waals surface area contributed by atoms with Crippen molar-refractivity contribution in [3.05, 3.63) is 23.8 Å². The first kappa shape index (κ1) is 12.3. The van der Waals surface area contributed by atoms with Gasteiger partial charge in [-0.15, -0.1) is 0 Å². The quantitative estimate of drug-likeness (QED) is 0.552. The van der Waals surface area contributed by atoms with Crippen LogP contribution >= 0.6 is 0 Å². The van der Waals surface area contributed by atoms with E-state index in [-0.39, 0.29) is 0 Å². The standard InChI is InChI=1S/C11H16N2O3/c1-15-6-3-7-16-10-8(11(13)14)4-2-5-9(10)12/h2,4-5H,3,6-7,12H2,1H3,(H2,13,14). The van der Waals surface area contributed by atoms with E-state index < -0.39 is 5.91 Å². The third-order valence-corrected chi connectivity index (χ3v) is 2.05. The third kappa shape index (κ3) is 3.13. The second-order valence-corrected chi connectivity index (χ2v) is 3.28. The van der Waals surface area contributed by atoms with Gasteiger partial charge in [-0.1, -0.05) is 6.07 Å². The molecule has 88 valence electrons. The van der Waals surface area contributed by atoms with Crippen LogP contribution in [0.25, 0.3) is 0 Å². The van der Waals surface area contributed by atoms with E-state index in [0.717, 1.165) is 6.42 Å². The number of hydrogen-bond donors (Lipinski definition) is 2. The molecule has 0 bridgehead atoms. The SMILES string of the molecule is COCCCOc1c(N)cccc1C(N)=O. The van der Waals surface area contributed by atoms with E-state index in [9.17, 15) is 4.79 Å². The average Bonchev–Trinajstić information content (AvgIpc) is 2.25. The molecule has 0 spiro atoms. The number of para-hydroxylation sites is 1. The summed E-state index contributed by atoms with van der Waals surface area (Å²) < 4.78 is 10.3. The molecule has 16 heavy (non-hydrogen) atoms. The first-order valence-electron chi connectivity index (χ1n) is 4.97. The molecule has 0 unspecified atom stereocenters. The Balaban J connectivity index is 2.73. The van der Waals surface area contributed by atoms with E-state index in [1.165, 1.54) is 0 Å². The van der Waals surface area contributed by atoms with E-state index in [1.807, 2.05) is 0 Å². The molecule has 0 heterocycles. The summed E-state index contributed by atoms with van der Waals surface area (Å²) in [4.78, 5) is 11.1. The molecule has 1 aromatic carbocycles. The predicted molar refractivity (Wildman–Crippen MR) is 61.4 cm³/mol. The Labute approximate surface area is 94.3 Å². The summed E-state index contributed by atoms with van der Waals surface area (Å²) in [5.41, 5.74) is 11.6. The summed E-state index contributed by atoms with van der Waals surface area (Å²) in [7, 11) is 1.62. The molecule has 0 aliphatic rings. The van der Waals surface area contributed by atoms with Crippen molar-refractivity contribution in [1.82, 2.24) is 0 Å². The van der Waals surface area contributed by atoms with E-state index in [0.29, 0.717) is 30.2 Å². The summed E-state index contributed by atoms with van der Waals surface area (Å²) in [6.45, 7) is 1.03. The van der Waals surface area contributed by atoms with Crippen molar-refractivity contribution < 1.29 is 14.3 Å². The lowest BCUT2D eigenvalue weighted by Gasteiger charge is -2.11. The molecule has 0 aliphatic carbocycles. The molecule has 0 radical (unpaired) electrons. The molecule has 5 nitrogen and oxygen atoms in total. The molecule has 0 saturated heterocycles. The van der Waals surface area contributed by atoms with E-state index in [4.69, 9.17) is 20.9 Å². The van der Waals surface area contributed by atoms with Gasteiger partial charge in [-0.25, -0.2) is 0 Å². The monoisotopic (exact) mass is 224 g/mol. The summed E-state index contributed by atoms with van der Waals surface area (Å²) >= 11 is 0. The normalized spacial score (nSPS) is 10.1. The fraction of sp³-hybridized carbons (Fsp3) is 0.364. The fourth-order valence-electron chi connectivity index (χ4n) is 1.29. The Morgan fingerprint density at radius 1 is 1.38 bits per heavy atom. The van der Waals surface area contributed by atoms with Gasteiger partial charge < -0.3 is 20.9 Å². The van der Waals surface area contributed by atoms with Gasteiger partial charge in [0.15, 0.2) is 5.75 Å². The summed E-state index contributed by atoms with van der Waals surface area (Å²) in [6, 6.07) is 4.92. The summed E-state index contributed by atoms with van der Waals surface area (Å²) in [5, 5.41) is 0. The van der Waals surface area contributed by atoms with Crippen LogP contribution in [0.1, 0.15) is 16.8 Å². The maximum atomic E-state index is 11.1. The first-order chi connectivity index (χ1) is 7.66. The number of methoxy groups -OCH3 is 1. The van der Waals surface area contributed by atoms with Crippen LogP contribution in [-0.4, -0.2) is 26.2 Å². The number of rotatable bonds is 6. The number of amides is 1. The van der Waals surface area contributed by atoms with Gasteiger partial charge in [-0.05, 0) is 12.1 Å². The molecule has 0 fully saturated rings. The molecule has 0 aliphatic heterocycles. The van der Waals surface area contributed by atoms with Gasteiger partial charge in [-0.2, -0.15) is 0 Å². The Kier molecular flexibility index (Phi) is 4.60. The van der Waals surface area contributed by atoms with Crippen molar-refractivity contribution in [2.24, 2.45) is 5.73 Å². The van der Waals surface area contributed by atoms with Crippen molar-refractivity contribution in [2.75, 3.05) is 26.1 Å². The lowest BCUT2D eigenvalue weighted by molar-refractivity contribution is 0.0995. The zero-order chi connectivity index (χ0) is 12.0. The Morgan fingerprint density at radius 2 is 2.12 bits per heavy atom. The molecule has 1 rings (SSSR count). The van der Waals surface area contributed by atoms with Crippen LogP contribution in [-0.2, 0) is 4.74 Å². The molecule has 5 heteroatoms. The third-order valence-electron chi connectivity index (χ3n) is 2.05. The minimum Gasteiger partial charge on any atom is -0.490 e. The summed E-state index contributed by atoms with van der Waals surface area (Å²) in [5.74, 6) is -0.194. The Morgan fingerprint density at radius 3 is 2.75 bits per heavy atom. The summed E-state index contributed by atoms with van der Waals surface area (Å²) in [6.07, 6.45) is 0.725. The highest BCUT2D eigenvalue weighted by Crippen LogP contribution is 2.25. The highest BCUT2D eigenvalue weighted by molar-refractivity contribution is 5.97. The van der Waals surface area contributed by atoms with Crippen molar-refractivity contribution in [3.8, 4) is 5.75 Å². The average molecular weight is 224 g/mol. The van der Waals surface area contributed by atoms with Crippen LogP contribution in [0.15, 0.2) is 18.2 Å². The second kappa shape index (κ2) is 5.97. The molecule has 0 saturated carbocycles. The molecule has 1 amide bonds. The van der Waals surface area contributed by atoms with Crippen LogP contribution in [0.5, 0.6) is 5.75 Å². The largest absolute Gasteiger partial charge is 0.490 e. The number of anilines is 1. The minimum absolute atomic E-state index is 0.303. The topological polar surface area (TPSA) is 87.6 Å². The van der Waals surface area contributed by atoms with Crippen LogP contribution in [0.4, 0.5) is 5.69 Å². The number of carbonyl (C=O) groups excluding carboxylic acids is 1. The number of ether oxygens (including phenoxy) is 2. The van der Waals surface area contributed by atoms with Crippen LogP contribution in [0, 0.1) is 0 Å². The van der Waals surface area contributed by atoms with E-state index in [1.54, 1.807) is 25.3 Å². The Hall–Kier alpha value is -1.75. The van der Waals surface area contributed by atoms with Crippen LogP contribution < -0.4 is 16.2 Å². The lowest BCUT2D eigenvalue weighted by Crippen LogP contribution is -2.14. The predicted octanol–water partition coefficient (Wildman–Crippen LogP) is 0.783. The Bertz CT molecular complexity index is 366. The smallest absolute Gasteiger partial charge is 0.252 e. The first-order valence-corrected chi connectivity index (χ1v) is 4.97. The number of nitrogen functional groups attached to an aromatic ring is 1. The van der Waals surface area contributed by atoms with Gasteiger partial charge >= 0.3 is 0 Å². The molecule has 0 aromatic heterocycles. The van der Waals surface area contributed by atoms with Gasteiger partial charge in [0.25, 0.3) is 5.91 Å². The van der Waals surface area contributed by atoms with Crippen LogP contribution in [0.3, 0.4) is 0 Å². The van der Waals surface area contributed by atoms with Crippen molar-refractivity contribution >= 4 is 11.6 Å². The fourth-order valence-corrected chi connectivity index (χ4v) is 1.29. The highest BCUT2D eigenvalue weighted by Gasteiger charge is 2.11. The van der Waals surface area contributed by atoms with Gasteiger partial charge in [0.05, 0.1) is 17.9 Å². The van der Waals surface area contributed by atoms with Gasteiger partial charge in [-0.3, -0.25) is 4.79 Å². The number of primary amides is 1. The molecular formula is C11H16N2O3. The van der Waals surface area contributed by atoms with Gasteiger partial charge in [0, 0.05) is 20.1 Å². The number of benzene rings is 1. The van der Waals surface area contributed by atoms with Gasteiger partial charge in [0.2, 0.25) is 0 Å². The zero-order valence-electron chi connectivity index (χ0n) is 9.23. The number of hydrogen-bond acceptors (Lipinski definition) is 4. The molecule has 0 atom stereocenters. The van der Waals surface area contributed by atoms with Crippen molar-refractivity contribution in [3.63, 3.8) is 0 Å². The van der Waals surface area contributed by atoms with Crippen LogP contribution in [0.2, 0.25) is 0 Å². The zero-order valence-corrected chi connectivity index (χ0v) is 9.23. The van der Waals surface area contributed by atoms with Crippen molar-refractivity contribution in [1.29, 1.82) is 0 Å². The molecular weight excluding hydrogens is 208 g/mol. The number of nitrogens with two attached hydrogens (primary N) is 2. The molecule has 1 aromatic rings.